The standard InChI is InChI=1S/C11H24N4/c1-15(2)9-8-13-11(12)14-10-6-4-3-5-7-10/h10H,3-9H2,1-2H3,(H3,12,13,14). The highest BCUT2D eigenvalue weighted by atomic mass is 15.1. The fourth-order valence-electron chi connectivity index (χ4n) is 1.87. The molecule has 88 valence electrons. The molecular formula is C11H24N4. The zero-order valence-electron chi connectivity index (χ0n) is 10.00. The first-order chi connectivity index (χ1) is 7.18. The largest absolute Gasteiger partial charge is 0.370 e. The molecule has 1 aliphatic rings. The molecule has 0 unspecified atom stereocenters. The first kappa shape index (κ1) is 12.3. The number of nitrogens with zero attached hydrogens (tertiary/aromatic N) is 2. The van der Waals surface area contributed by atoms with E-state index in [1.165, 1.54) is 32.1 Å². The van der Waals surface area contributed by atoms with E-state index in [1.54, 1.807) is 0 Å². The molecule has 0 aromatic heterocycles. The van der Waals surface area contributed by atoms with Crippen molar-refractivity contribution >= 4 is 5.96 Å². The van der Waals surface area contributed by atoms with Crippen molar-refractivity contribution < 1.29 is 0 Å². The summed E-state index contributed by atoms with van der Waals surface area (Å²) in [5.74, 6) is 0.615. The van der Waals surface area contributed by atoms with E-state index in [0.717, 1.165) is 13.1 Å². The first-order valence-corrected chi connectivity index (χ1v) is 5.89. The predicted molar refractivity (Wildman–Crippen MR) is 65.1 cm³/mol. The maximum atomic E-state index is 5.81. The molecule has 0 amide bonds. The minimum atomic E-state index is 0.557. The Labute approximate surface area is 92.9 Å². The third kappa shape index (κ3) is 5.62. The minimum absolute atomic E-state index is 0.557. The molecule has 0 heterocycles. The van der Waals surface area contributed by atoms with E-state index in [0.29, 0.717) is 12.0 Å². The maximum absolute atomic E-state index is 5.81. The Bertz CT molecular complexity index is 195. The Kier molecular flexibility index (Phi) is 5.47. The summed E-state index contributed by atoms with van der Waals surface area (Å²) >= 11 is 0. The summed E-state index contributed by atoms with van der Waals surface area (Å²) in [4.78, 5) is 6.41. The minimum Gasteiger partial charge on any atom is -0.370 e. The fraction of sp³-hybridized carbons (Fsp3) is 0.909. The van der Waals surface area contributed by atoms with E-state index in [-0.39, 0.29) is 0 Å². The molecule has 0 bridgehead atoms. The molecule has 0 aromatic rings. The third-order valence-electron chi connectivity index (χ3n) is 2.79. The van der Waals surface area contributed by atoms with Gasteiger partial charge < -0.3 is 16.0 Å². The summed E-state index contributed by atoms with van der Waals surface area (Å²) in [7, 11) is 4.08. The van der Waals surface area contributed by atoms with Crippen LogP contribution in [0.4, 0.5) is 0 Å². The molecule has 15 heavy (non-hydrogen) atoms. The average Bonchev–Trinajstić information content (AvgIpc) is 2.18. The Morgan fingerprint density at radius 2 is 2.00 bits per heavy atom. The van der Waals surface area contributed by atoms with Crippen molar-refractivity contribution in [3.05, 3.63) is 0 Å². The van der Waals surface area contributed by atoms with E-state index >= 15 is 0 Å². The zero-order chi connectivity index (χ0) is 11.1. The summed E-state index contributed by atoms with van der Waals surface area (Å²) < 4.78 is 0. The number of guanidine groups is 1. The van der Waals surface area contributed by atoms with Crippen molar-refractivity contribution in [1.82, 2.24) is 10.2 Å². The van der Waals surface area contributed by atoms with E-state index in [4.69, 9.17) is 5.73 Å². The highest BCUT2D eigenvalue weighted by Crippen LogP contribution is 2.16. The van der Waals surface area contributed by atoms with E-state index in [9.17, 15) is 0 Å². The normalized spacial score (nSPS) is 19.5. The third-order valence-corrected chi connectivity index (χ3v) is 2.79. The molecular weight excluding hydrogens is 188 g/mol. The van der Waals surface area contributed by atoms with Crippen LogP contribution in [-0.2, 0) is 0 Å². The van der Waals surface area contributed by atoms with Crippen LogP contribution in [0, 0.1) is 0 Å². The lowest BCUT2D eigenvalue weighted by molar-refractivity contribution is 0.408. The highest BCUT2D eigenvalue weighted by molar-refractivity contribution is 5.78. The molecule has 1 saturated carbocycles. The van der Waals surface area contributed by atoms with Gasteiger partial charge in [0.2, 0.25) is 0 Å². The van der Waals surface area contributed by atoms with Gasteiger partial charge in [0.05, 0.1) is 6.54 Å². The van der Waals surface area contributed by atoms with Gasteiger partial charge in [-0.05, 0) is 26.9 Å². The van der Waals surface area contributed by atoms with Crippen LogP contribution in [0.5, 0.6) is 0 Å². The van der Waals surface area contributed by atoms with Crippen LogP contribution in [0.3, 0.4) is 0 Å². The molecule has 0 radical (unpaired) electrons. The van der Waals surface area contributed by atoms with Gasteiger partial charge >= 0.3 is 0 Å². The van der Waals surface area contributed by atoms with Crippen LogP contribution < -0.4 is 11.1 Å². The molecule has 4 nitrogen and oxygen atoms in total. The fourth-order valence-corrected chi connectivity index (χ4v) is 1.87. The summed E-state index contributed by atoms with van der Waals surface area (Å²) in [5.41, 5.74) is 5.81. The molecule has 0 aliphatic heterocycles. The Morgan fingerprint density at radius 3 is 2.60 bits per heavy atom. The van der Waals surface area contributed by atoms with Gasteiger partial charge in [0, 0.05) is 12.6 Å². The molecule has 3 N–H and O–H groups in total. The summed E-state index contributed by atoms with van der Waals surface area (Å²) in [5, 5.41) is 3.30. The van der Waals surface area contributed by atoms with Crippen LogP contribution in [0.25, 0.3) is 0 Å². The maximum Gasteiger partial charge on any atom is 0.188 e. The summed E-state index contributed by atoms with van der Waals surface area (Å²) in [6.45, 7) is 1.73. The van der Waals surface area contributed by atoms with Crippen LogP contribution >= 0.6 is 0 Å². The first-order valence-electron chi connectivity index (χ1n) is 5.89. The lowest BCUT2D eigenvalue weighted by Gasteiger charge is -2.23. The molecule has 1 fully saturated rings. The zero-order valence-corrected chi connectivity index (χ0v) is 10.00. The molecule has 0 saturated heterocycles. The molecule has 1 aliphatic carbocycles. The highest BCUT2D eigenvalue weighted by Gasteiger charge is 2.12. The van der Waals surface area contributed by atoms with Crippen molar-refractivity contribution in [2.75, 3.05) is 27.2 Å². The van der Waals surface area contributed by atoms with Gasteiger partial charge in [-0.1, -0.05) is 19.3 Å². The van der Waals surface area contributed by atoms with Crippen molar-refractivity contribution in [1.29, 1.82) is 0 Å². The quantitative estimate of drug-likeness (QED) is 0.535. The van der Waals surface area contributed by atoms with Gasteiger partial charge in [-0.25, -0.2) is 0 Å². The van der Waals surface area contributed by atoms with Gasteiger partial charge in [0.25, 0.3) is 0 Å². The lowest BCUT2D eigenvalue weighted by atomic mass is 9.96. The van der Waals surface area contributed by atoms with Crippen LogP contribution in [-0.4, -0.2) is 44.1 Å². The molecule has 4 heteroatoms. The van der Waals surface area contributed by atoms with Crippen molar-refractivity contribution in [3.8, 4) is 0 Å². The average molecular weight is 212 g/mol. The Morgan fingerprint density at radius 1 is 1.33 bits per heavy atom. The molecule has 0 atom stereocenters. The number of rotatable bonds is 4. The van der Waals surface area contributed by atoms with Gasteiger partial charge in [-0.15, -0.1) is 0 Å². The number of aliphatic imine (C=N–C) groups is 1. The van der Waals surface area contributed by atoms with Crippen LogP contribution in [0.2, 0.25) is 0 Å². The summed E-state index contributed by atoms with van der Waals surface area (Å²) in [6, 6.07) is 0.557. The lowest BCUT2D eigenvalue weighted by Crippen LogP contribution is -2.41. The van der Waals surface area contributed by atoms with Gasteiger partial charge in [0.1, 0.15) is 0 Å². The molecule has 0 aromatic carbocycles. The van der Waals surface area contributed by atoms with Crippen molar-refractivity contribution in [3.63, 3.8) is 0 Å². The smallest absolute Gasteiger partial charge is 0.188 e. The predicted octanol–water partition coefficient (Wildman–Crippen LogP) is 0.785. The van der Waals surface area contributed by atoms with Gasteiger partial charge in [-0.3, -0.25) is 4.99 Å². The second kappa shape index (κ2) is 6.67. The van der Waals surface area contributed by atoms with Gasteiger partial charge in [-0.2, -0.15) is 0 Å². The van der Waals surface area contributed by atoms with Crippen LogP contribution in [0.15, 0.2) is 4.99 Å². The van der Waals surface area contributed by atoms with E-state index in [1.807, 2.05) is 14.1 Å². The Balaban J connectivity index is 2.18. The monoisotopic (exact) mass is 212 g/mol. The second-order valence-electron chi connectivity index (χ2n) is 4.55. The molecule has 1 rings (SSSR count). The van der Waals surface area contributed by atoms with Crippen LogP contribution in [0.1, 0.15) is 32.1 Å². The van der Waals surface area contributed by atoms with Crippen molar-refractivity contribution in [2.45, 2.75) is 38.1 Å². The number of nitrogens with one attached hydrogen (secondary N) is 1. The Hall–Kier alpha value is -0.770. The number of hydrogen-bond donors (Lipinski definition) is 2. The van der Waals surface area contributed by atoms with Crippen molar-refractivity contribution in [2.24, 2.45) is 10.7 Å². The van der Waals surface area contributed by atoms with E-state index in [2.05, 4.69) is 15.2 Å². The van der Waals surface area contributed by atoms with E-state index < -0.39 is 0 Å². The molecule has 0 spiro atoms. The summed E-state index contributed by atoms with van der Waals surface area (Å²) in [6.07, 6.45) is 6.49. The topological polar surface area (TPSA) is 53.6 Å². The SMILES string of the molecule is CN(C)CCN=C(N)NC1CCCCC1. The number of likely N-dealkylation sites (N-methyl/N-ethyl adjacent to an activating group) is 1. The van der Waals surface area contributed by atoms with Gasteiger partial charge in [0.15, 0.2) is 5.96 Å². The second-order valence-corrected chi connectivity index (χ2v) is 4.55. The number of hydrogen-bond acceptors (Lipinski definition) is 2. The number of nitrogens with two attached hydrogens (primary N) is 1.